The van der Waals surface area contributed by atoms with Crippen LogP contribution in [-0.2, 0) is 16.6 Å². The topological polar surface area (TPSA) is 126 Å². The number of nitrogens with zero attached hydrogens (tertiary/aromatic N) is 4. The van der Waals surface area contributed by atoms with Crippen LogP contribution in [0.25, 0.3) is 22.6 Å². The second-order valence-electron chi connectivity index (χ2n) is 9.50. The molecule has 38 heavy (non-hydrogen) atoms. The quantitative estimate of drug-likeness (QED) is 0.323. The third-order valence-electron chi connectivity index (χ3n) is 6.55. The molecule has 0 aliphatic carbocycles. The molecule has 0 saturated carbocycles. The second-order valence-corrected chi connectivity index (χ2v) is 11.7. The Morgan fingerprint density at radius 2 is 2.00 bits per heavy atom. The minimum atomic E-state index is -4.16. The number of hydrogen-bond donors (Lipinski definition) is 2. The number of H-pyrrole nitrogens is 1. The second kappa shape index (κ2) is 10.6. The average molecular weight is 563 g/mol. The minimum absolute atomic E-state index is 0.0127. The van der Waals surface area contributed by atoms with Crippen molar-refractivity contribution in [3.05, 3.63) is 52.6 Å². The van der Waals surface area contributed by atoms with E-state index in [1.165, 1.54) is 6.07 Å². The summed E-state index contributed by atoms with van der Waals surface area (Å²) in [5.74, 6) is 0.405. The van der Waals surface area contributed by atoms with Gasteiger partial charge in [0.1, 0.15) is 28.0 Å². The lowest BCUT2D eigenvalue weighted by molar-refractivity contribution is 0.0823. The van der Waals surface area contributed by atoms with Crippen molar-refractivity contribution in [2.24, 2.45) is 0 Å². The number of fused-ring (bicyclic) bond motifs is 1. The first-order chi connectivity index (χ1) is 18.1. The van der Waals surface area contributed by atoms with E-state index in [0.29, 0.717) is 34.5 Å². The summed E-state index contributed by atoms with van der Waals surface area (Å²) in [5, 5.41) is 7.99. The fourth-order valence-corrected chi connectivity index (χ4v) is 5.75. The van der Waals surface area contributed by atoms with Gasteiger partial charge in [-0.2, -0.15) is 10.1 Å². The number of piperidine rings is 1. The SMILES string of the molecule is Cc1n[nH]c2nc(-c3ccc(CNS(=O)(=O)c4cc(Cl)ccc4F)o3)nc(OC3CCN(C(C)C)CC3)c12. The van der Waals surface area contributed by atoms with Crippen molar-refractivity contribution in [3.8, 4) is 17.5 Å². The van der Waals surface area contributed by atoms with Gasteiger partial charge in [-0.15, -0.1) is 0 Å². The van der Waals surface area contributed by atoms with Crippen LogP contribution in [0.1, 0.15) is 38.1 Å². The lowest BCUT2D eigenvalue weighted by atomic mass is 10.1. The van der Waals surface area contributed by atoms with Gasteiger partial charge >= 0.3 is 0 Å². The van der Waals surface area contributed by atoms with Gasteiger partial charge in [-0.25, -0.2) is 22.5 Å². The lowest BCUT2D eigenvalue weighted by Gasteiger charge is -2.34. The van der Waals surface area contributed by atoms with Crippen molar-refractivity contribution >= 4 is 32.7 Å². The predicted molar refractivity (Wildman–Crippen MR) is 140 cm³/mol. The summed E-state index contributed by atoms with van der Waals surface area (Å²) in [6.45, 7) is 7.92. The number of nitrogens with one attached hydrogen (secondary N) is 2. The molecular formula is C25H28ClFN6O4S. The van der Waals surface area contributed by atoms with Gasteiger partial charge < -0.3 is 14.1 Å². The average Bonchev–Trinajstić information content (AvgIpc) is 3.51. The molecule has 1 aromatic carbocycles. The molecule has 0 atom stereocenters. The minimum Gasteiger partial charge on any atom is -0.474 e. The van der Waals surface area contributed by atoms with E-state index in [9.17, 15) is 12.8 Å². The molecule has 2 N–H and O–H groups in total. The van der Waals surface area contributed by atoms with Gasteiger partial charge in [-0.1, -0.05) is 11.6 Å². The molecule has 0 radical (unpaired) electrons. The van der Waals surface area contributed by atoms with Gasteiger partial charge in [0.15, 0.2) is 11.4 Å². The van der Waals surface area contributed by atoms with Crippen molar-refractivity contribution in [2.75, 3.05) is 13.1 Å². The van der Waals surface area contributed by atoms with E-state index in [1.54, 1.807) is 12.1 Å². The number of hydrogen-bond acceptors (Lipinski definition) is 8. The van der Waals surface area contributed by atoms with Gasteiger partial charge in [0, 0.05) is 24.2 Å². The Kier molecular flexibility index (Phi) is 7.40. The van der Waals surface area contributed by atoms with Crippen molar-refractivity contribution in [1.29, 1.82) is 0 Å². The smallest absolute Gasteiger partial charge is 0.243 e. The molecule has 0 spiro atoms. The van der Waals surface area contributed by atoms with E-state index in [0.717, 1.165) is 43.8 Å². The molecule has 1 aliphatic heterocycles. The van der Waals surface area contributed by atoms with Gasteiger partial charge in [0.2, 0.25) is 21.7 Å². The zero-order chi connectivity index (χ0) is 27.0. The van der Waals surface area contributed by atoms with E-state index in [4.69, 9.17) is 20.8 Å². The number of rotatable bonds is 8. The van der Waals surface area contributed by atoms with Crippen LogP contribution < -0.4 is 9.46 Å². The summed E-state index contributed by atoms with van der Waals surface area (Å²) in [7, 11) is -4.16. The molecule has 0 amide bonds. The molecule has 1 aliphatic rings. The monoisotopic (exact) mass is 562 g/mol. The van der Waals surface area contributed by atoms with Gasteiger partial charge in [-0.3, -0.25) is 5.10 Å². The van der Waals surface area contributed by atoms with E-state index in [2.05, 4.69) is 43.6 Å². The summed E-state index contributed by atoms with van der Waals surface area (Å²) in [5.41, 5.74) is 1.24. The molecule has 13 heteroatoms. The number of aromatic amines is 1. The number of aryl methyl sites for hydroxylation is 1. The molecule has 10 nitrogen and oxygen atoms in total. The highest BCUT2D eigenvalue weighted by Gasteiger charge is 2.25. The van der Waals surface area contributed by atoms with Crippen LogP contribution in [-0.4, -0.2) is 58.7 Å². The zero-order valence-electron chi connectivity index (χ0n) is 21.2. The Morgan fingerprint density at radius 1 is 1.24 bits per heavy atom. The first kappa shape index (κ1) is 26.5. The summed E-state index contributed by atoms with van der Waals surface area (Å²) in [4.78, 5) is 11.1. The zero-order valence-corrected chi connectivity index (χ0v) is 22.7. The van der Waals surface area contributed by atoms with Crippen LogP contribution in [0.4, 0.5) is 4.39 Å². The molecule has 0 bridgehead atoms. The lowest BCUT2D eigenvalue weighted by Crippen LogP contribution is -2.41. The van der Waals surface area contributed by atoms with Crippen molar-refractivity contribution in [2.45, 2.75) is 57.2 Å². The summed E-state index contributed by atoms with van der Waals surface area (Å²) in [6.07, 6.45) is 1.78. The largest absolute Gasteiger partial charge is 0.474 e. The molecule has 0 unspecified atom stereocenters. The number of likely N-dealkylation sites (tertiary alicyclic amines) is 1. The first-order valence-electron chi connectivity index (χ1n) is 12.3. The number of ether oxygens (including phenoxy) is 1. The van der Waals surface area contributed by atoms with Crippen LogP contribution in [0.3, 0.4) is 0 Å². The third kappa shape index (κ3) is 5.53. The Balaban J connectivity index is 1.35. The number of halogens is 2. The summed E-state index contributed by atoms with van der Waals surface area (Å²) < 4.78 is 53.7. The van der Waals surface area contributed by atoms with Crippen LogP contribution in [0.5, 0.6) is 5.88 Å². The van der Waals surface area contributed by atoms with Crippen LogP contribution in [0.15, 0.2) is 39.6 Å². The molecule has 202 valence electrons. The highest BCUT2D eigenvalue weighted by Crippen LogP contribution is 2.31. The number of sulfonamides is 1. The Labute approximate surface area is 224 Å². The fourth-order valence-electron chi connectivity index (χ4n) is 4.42. The maximum absolute atomic E-state index is 14.1. The van der Waals surface area contributed by atoms with Crippen molar-refractivity contribution in [3.63, 3.8) is 0 Å². The summed E-state index contributed by atoms with van der Waals surface area (Å²) in [6, 6.07) is 7.06. The van der Waals surface area contributed by atoms with E-state index >= 15 is 0 Å². The number of aromatic nitrogens is 4. The van der Waals surface area contributed by atoms with E-state index in [-0.39, 0.29) is 23.5 Å². The van der Waals surface area contributed by atoms with E-state index < -0.39 is 20.7 Å². The van der Waals surface area contributed by atoms with Crippen LogP contribution in [0, 0.1) is 12.7 Å². The van der Waals surface area contributed by atoms with Gasteiger partial charge in [0.05, 0.1) is 12.2 Å². The summed E-state index contributed by atoms with van der Waals surface area (Å²) >= 11 is 5.84. The highest BCUT2D eigenvalue weighted by molar-refractivity contribution is 7.89. The standard InChI is InChI=1S/C25H28ClFN6O4S/c1-14(2)33-10-8-17(9-11-33)37-25-22-15(3)31-32-24(22)29-23(30-25)20-7-5-18(36-20)13-28-38(34,35)21-12-16(26)4-6-19(21)27/h4-7,12,14,17,28H,8-11,13H2,1-3H3,(H,29,30,31,32). The third-order valence-corrected chi connectivity index (χ3v) is 8.20. The fraction of sp³-hybridized carbons (Fsp3) is 0.400. The highest BCUT2D eigenvalue weighted by atomic mass is 35.5. The number of furan rings is 1. The molecule has 3 aromatic heterocycles. The van der Waals surface area contributed by atoms with Crippen molar-refractivity contribution in [1.82, 2.24) is 29.8 Å². The predicted octanol–water partition coefficient (Wildman–Crippen LogP) is 4.44. The molecule has 4 heterocycles. The molecular weight excluding hydrogens is 535 g/mol. The molecule has 1 saturated heterocycles. The Hall–Kier alpha value is -3.06. The Bertz CT molecular complexity index is 1560. The molecule has 1 fully saturated rings. The van der Waals surface area contributed by atoms with Gasteiger partial charge in [0.25, 0.3) is 0 Å². The number of benzene rings is 1. The van der Waals surface area contributed by atoms with Crippen LogP contribution >= 0.6 is 11.6 Å². The Morgan fingerprint density at radius 3 is 2.74 bits per heavy atom. The maximum Gasteiger partial charge on any atom is 0.243 e. The van der Waals surface area contributed by atoms with Gasteiger partial charge in [-0.05, 0) is 63.9 Å². The maximum atomic E-state index is 14.1. The molecule has 4 aromatic rings. The normalized spacial score (nSPS) is 15.5. The molecule has 5 rings (SSSR count). The van der Waals surface area contributed by atoms with Crippen molar-refractivity contribution < 1.29 is 22.0 Å². The first-order valence-corrected chi connectivity index (χ1v) is 14.1. The van der Waals surface area contributed by atoms with E-state index in [1.807, 2.05) is 6.92 Å². The van der Waals surface area contributed by atoms with Crippen LogP contribution in [0.2, 0.25) is 5.02 Å².